The van der Waals surface area contributed by atoms with Crippen molar-refractivity contribution >= 4 is 17.4 Å². The van der Waals surface area contributed by atoms with Crippen molar-refractivity contribution in [1.82, 2.24) is 0 Å². The van der Waals surface area contributed by atoms with E-state index in [0.29, 0.717) is 16.8 Å². The molecule has 1 aliphatic heterocycles. The van der Waals surface area contributed by atoms with Gasteiger partial charge in [-0.25, -0.2) is 4.39 Å². The van der Waals surface area contributed by atoms with E-state index in [1.807, 2.05) is 6.07 Å². The Labute approximate surface area is 134 Å². The molecule has 3 nitrogen and oxygen atoms in total. The smallest absolute Gasteiger partial charge is 0.237 e. The molecule has 0 saturated carbocycles. The van der Waals surface area contributed by atoms with Crippen LogP contribution in [0.1, 0.15) is 35.7 Å². The summed E-state index contributed by atoms with van der Waals surface area (Å²) in [5.74, 6) is -0.597. The fourth-order valence-electron chi connectivity index (χ4n) is 3.29. The van der Waals surface area contributed by atoms with Crippen LogP contribution in [0.25, 0.3) is 0 Å². The standard InChI is InChI=1S/C19H18FNO2/c1-19(12-11-16(22)13-7-4-3-5-8-13)17-14(20)9-6-10-15(17)21(2)18(19)23/h3-10H,11-12H2,1-2H3. The fourth-order valence-corrected chi connectivity index (χ4v) is 3.29. The van der Waals surface area contributed by atoms with Crippen LogP contribution in [0.5, 0.6) is 0 Å². The fraction of sp³-hybridized carbons (Fsp3) is 0.263. The van der Waals surface area contributed by atoms with E-state index in [9.17, 15) is 14.0 Å². The molecular formula is C19H18FNO2. The molecule has 0 aliphatic carbocycles. The molecule has 0 aromatic heterocycles. The predicted octanol–water partition coefficient (Wildman–Crippen LogP) is 3.72. The first kappa shape index (κ1) is 15.4. The second-order valence-corrected chi connectivity index (χ2v) is 6.12. The van der Waals surface area contributed by atoms with E-state index in [1.165, 1.54) is 11.0 Å². The Bertz CT molecular complexity index is 772. The molecule has 0 spiro atoms. The third-order valence-corrected chi connectivity index (χ3v) is 4.63. The molecule has 2 aromatic carbocycles. The van der Waals surface area contributed by atoms with Gasteiger partial charge in [0.15, 0.2) is 5.78 Å². The summed E-state index contributed by atoms with van der Waals surface area (Å²) >= 11 is 0. The second-order valence-electron chi connectivity index (χ2n) is 6.12. The Kier molecular flexibility index (Phi) is 3.76. The van der Waals surface area contributed by atoms with E-state index >= 15 is 0 Å². The lowest BCUT2D eigenvalue weighted by Gasteiger charge is -2.23. The van der Waals surface area contributed by atoms with Gasteiger partial charge < -0.3 is 4.90 Å². The number of fused-ring (bicyclic) bond motifs is 1. The number of Topliss-reactive ketones (excluding diaryl/α,β-unsaturated/α-hetero) is 1. The lowest BCUT2D eigenvalue weighted by Crippen LogP contribution is -2.36. The molecular weight excluding hydrogens is 293 g/mol. The van der Waals surface area contributed by atoms with Crippen molar-refractivity contribution in [3.8, 4) is 0 Å². The minimum absolute atomic E-state index is 0.0351. The molecule has 1 heterocycles. The van der Waals surface area contributed by atoms with Crippen LogP contribution in [0, 0.1) is 5.82 Å². The Hall–Kier alpha value is -2.49. The molecule has 0 N–H and O–H groups in total. The van der Waals surface area contributed by atoms with E-state index in [4.69, 9.17) is 0 Å². The van der Waals surface area contributed by atoms with Crippen molar-refractivity contribution in [3.63, 3.8) is 0 Å². The molecule has 0 bridgehead atoms. The topological polar surface area (TPSA) is 37.4 Å². The molecule has 1 amide bonds. The number of hydrogen-bond donors (Lipinski definition) is 0. The van der Waals surface area contributed by atoms with Gasteiger partial charge in [-0.15, -0.1) is 0 Å². The van der Waals surface area contributed by atoms with Gasteiger partial charge in [0, 0.05) is 24.6 Å². The molecule has 3 rings (SSSR count). The van der Waals surface area contributed by atoms with Gasteiger partial charge in [0.05, 0.1) is 11.1 Å². The van der Waals surface area contributed by atoms with Gasteiger partial charge >= 0.3 is 0 Å². The Morgan fingerprint density at radius 1 is 1.13 bits per heavy atom. The third kappa shape index (κ3) is 2.44. The van der Waals surface area contributed by atoms with Gasteiger partial charge in [-0.3, -0.25) is 9.59 Å². The molecule has 118 valence electrons. The molecule has 0 saturated heterocycles. The quantitative estimate of drug-likeness (QED) is 0.807. The zero-order valence-electron chi connectivity index (χ0n) is 13.2. The van der Waals surface area contributed by atoms with Crippen molar-refractivity contribution < 1.29 is 14.0 Å². The van der Waals surface area contributed by atoms with E-state index < -0.39 is 11.2 Å². The van der Waals surface area contributed by atoms with Crippen LogP contribution in [-0.2, 0) is 10.2 Å². The SMILES string of the molecule is CN1C(=O)C(C)(CCC(=O)c2ccccc2)c2c(F)cccc21. The number of carbonyl (C=O) groups excluding carboxylic acids is 2. The van der Waals surface area contributed by atoms with E-state index in [0.717, 1.165) is 0 Å². The summed E-state index contributed by atoms with van der Waals surface area (Å²) in [6.45, 7) is 1.72. The molecule has 23 heavy (non-hydrogen) atoms. The summed E-state index contributed by atoms with van der Waals surface area (Å²) in [5.41, 5.74) is 0.599. The molecule has 0 radical (unpaired) electrons. The number of rotatable bonds is 4. The molecule has 1 atom stereocenters. The number of benzene rings is 2. The lowest BCUT2D eigenvalue weighted by atomic mass is 9.78. The summed E-state index contributed by atoms with van der Waals surface area (Å²) in [4.78, 5) is 26.4. The average molecular weight is 311 g/mol. The van der Waals surface area contributed by atoms with E-state index in [-0.39, 0.29) is 24.5 Å². The zero-order valence-corrected chi connectivity index (χ0v) is 13.2. The van der Waals surface area contributed by atoms with Crippen molar-refractivity contribution in [3.05, 3.63) is 65.5 Å². The number of hydrogen-bond acceptors (Lipinski definition) is 2. The van der Waals surface area contributed by atoms with Gasteiger partial charge in [-0.05, 0) is 25.5 Å². The lowest BCUT2D eigenvalue weighted by molar-refractivity contribution is -0.122. The Morgan fingerprint density at radius 2 is 1.83 bits per heavy atom. The highest BCUT2D eigenvalue weighted by Crippen LogP contribution is 2.45. The number of carbonyl (C=O) groups is 2. The monoisotopic (exact) mass is 311 g/mol. The first-order valence-corrected chi connectivity index (χ1v) is 7.60. The Balaban J connectivity index is 1.88. The summed E-state index contributed by atoms with van der Waals surface area (Å²) in [6.07, 6.45) is 0.492. The van der Waals surface area contributed by atoms with Crippen LogP contribution in [0.15, 0.2) is 48.5 Å². The highest BCUT2D eigenvalue weighted by atomic mass is 19.1. The van der Waals surface area contributed by atoms with Crippen LogP contribution >= 0.6 is 0 Å². The van der Waals surface area contributed by atoms with Crippen molar-refractivity contribution in [1.29, 1.82) is 0 Å². The normalized spacial score (nSPS) is 19.8. The molecule has 1 aliphatic rings. The van der Waals surface area contributed by atoms with Crippen LogP contribution in [0.3, 0.4) is 0 Å². The maximum Gasteiger partial charge on any atom is 0.237 e. The number of halogens is 1. The summed E-state index contributed by atoms with van der Waals surface area (Å²) in [7, 11) is 1.64. The predicted molar refractivity (Wildman–Crippen MR) is 87.2 cm³/mol. The largest absolute Gasteiger partial charge is 0.314 e. The van der Waals surface area contributed by atoms with Gasteiger partial charge in [0.1, 0.15) is 5.82 Å². The van der Waals surface area contributed by atoms with Crippen molar-refractivity contribution in [2.45, 2.75) is 25.2 Å². The van der Waals surface area contributed by atoms with Crippen molar-refractivity contribution in [2.24, 2.45) is 0 Å². The number of nitrogens with zero attached hydrogens (tertiary/aromatic N) is 1. The minimum Gasteiger partial charge on any atom is -0.314 e. The van der Waals surface area contributed by atoms with Gasteiger partial charge in [0.2, 0.25) is 5.91 Å². The molecule has 4 heteroatoms. The number of amides is 1. The number of likely N-dealkylation sites (N-methyl/N-ethyl adjacent to an activating group) is 1. The van der Waals surface area contributed by atoms with E-state index in [1.54, 1.807) is 50.4 Å². The highest BCUT2D eigenvalue weighted by Gasteiger charge is 2.47. The zero-order chi connectivity index (χ0) is 16.6. The van der Waals surface area contributed by atoms with Gasteiger partial charge in [0.25, 0.3) is 0 Å². The van der Waals surface area contributed by atoms with Gasteiger partial charge in [-0.2, -0.15) is 0 Å². The van der Waals surface area contributed by atoms with E-state index in [2.05, 4.69) is 0 Å². The average Bonchev–Trinajstić information content (AvgIpc) is 2.77. The summed E-state index contributed by atoms with van der Waals surface area (Å²) in [5, 5.41) is 0. The molecule has 1 unspecified atom stereocenters. The number of ketones is 1. The third-order valence-electron chi connectivity index (χ3n) is 4.63. The minimum atomic E-state index is -1.00. The second kappa shape index (κ2) is 5.61. The first-order chi connectivity index (χ1) is 10.9. The first-order valence-electron chi connectivity index (χ1n) is 7.60. The maximum absolute atomic E-state index is 14.3. The van der Waals surface area contributed by atoms with Crippen LogP contribution < -0.4 is 4.90 Å². The molecule has 2 aromatic rings. The van der Waals surface area contributed by atoms with Crippen molar-refractivity contribution in [2.75, 3.05) is 11.9 Å². The van der Waals surface area contributed by atoms with Crippen LogP contribution in [-0.4, -0.2) is 18.7 Å². The summed E-state index contributed by atoms with van der Waals surface area (Å²) in [6, 6.07) is 13.7. The van der Waals surface area contributed by atoms with Gasteiger partial charge in [-0.1, -0.05) is 36.4 Å². The van der Waals surface area contributed by atoms with Crippen LogP contribution in [0.4, 0.5) is 10.1 Å². The number of anilines is 1. The molecule has 0 fully saturated rings. The Morgan fingerprint density at radius 3 is 2.52 bits per heavy atom. The summed E-state index contributed by atoms with van der Waals surface area (Å²) < 4.78 is 14.3. The highest BCUT2D eigenvalue weighted by molar-refractivity contribution is 6.08. The van der Waals surface area contributed by atoms with Crippen LogP contribution in [0.2, 0.25) is 0 Å². The maximum atomic E-state index is 14.3.